The van der Waals surface area contributed by atoms with E-state index in [-0.39, 0.29) is 41.2 Å². The van der Waals surface area contributed by atoms with Gasteiger partial charge >= 0.3 is 0 Å². The number of guanidine groups is 1. The van der Waals surface area contributed by atoms with E-state index in [0.717, 1.165) is 12.8 Å². The molecule has 0 fully saturated rings. The van der Waals surface area contributed by atoms with Crippen molar-refractivity contribution in [2.45, 2.75) is 19.8 Å². The number of para-hydroxylation sites is 1. The van der Waals surface area contributed by atoms with Crippen molar-refractivity contribution in [2.24, 2.45) is 10.7 Å². The third-order valence-corrected chi connectivity index (χ3v) is 2.66. The molecule has 0 saturated carbocycles. The largest absolute Gasteiger partial charge is 0.507 e. The van der Waals surface area contributed by atoms with E-state index in [4.69, 9.17) is 5.73 Å². The summed E-state index contributed by atoms with van der Waals surface area (Å²) in [6.45, 7) is 3.69. The van der Waals surface area contributed by atoms with Gasteiger partial charge in [0, 0.05) is 19.6 Å². The number of aliphatic imine (C=N–C) groups is 1. The van der Waals surface area contributed by atoms with Gasteiger partial charge in [0.15, 0.2) is 5.96 Å². The standard InChI is InChI=1S/C14H22N4O2.HI/c1-2-3-8-17-14(15)18-10-9-16-13(20)11-6-4-5-7-12(11)19;/h4-7,19H,2-3,8-10H2,1H3,(H,16,20)(H3,15,17,18);1H. The molecule has 6 nitrogen and oxygen atoms in total. The fourth-order valence-electron chi connectivity index (χ4n) is 1.54. The minimum absolute atomic E-state index is 0. The number of nitrogens with two attached hydrogens (primary N) is 1. The van der Waals surface area contributed by atoms with Crippen molar-refractivity contribution in [3.05, 3.63) is 29.8 Å². The summed E-state index contributed by atoms with van der Waals surface area (Å²) < 4.78 is 0. The first-order chi connectivity index (χ1) is 9.65. The predicted octanol–water partition coefficient (Wildman–Crippen LogP) is 1.44. The third-order valence-electron chi connectivity index (χ3n) is 2.66. The van der Waals surface area contributed by atoms with Gasteiger partial charge in [-0.3, -0.25) is 9.79 Å². The molecular weight excluding hydrogens is 383 g/mol. The number of carbonyl (C=O) groups is 1. The number of nitrogens with zero attached hydrogens (tertiary/aromatic N) is 1. The van der Waals surface area contributed by atoms with Crippen LogP contribution in [0.25, 0.3) is 0 Å². The van der Waals surface area contributed by atoms with E-state index in [2.05, 4.69) is 22.5 Å². The Morgan fingerprint density at radius 3 is 2.62 bits per heavy atom. The fraction of sp³-hybridized carbons (Fsp3) is 0.429. The maximum absolute atomic E-state index is 11.8. The van der Waals surface area contributed by atoms with Crippen LogP contribution in [0.4, 0.5) is 0 Å². The average molecular weight is 406 g/mol. The summed E-state index contributed by atoms with van der Waals surface area (Å²) >= 11 is 0. The van der Waals surface area contributed by atoms with Gasteiger partial charge in [-0.15, -0.1) is 24.0 Å². The molecule has 0 saturated heterocycles. The number of hydrogen-bond acceptors (Lipinski definition) is 3. The molecule has 0 aromatic heterocycles. The smallest absolute Gasteiger partial charge is 0.255 e. The first-order valence-electron chi connectivity index (χ1n) is 6.75. The number of halogens is 1. The highest BCUT2D eigenvalue weighted by Crippen LogP contribution is 2.14. The molecule has 7 heteroatoms. The Morgan fingerprint density at radius 2 is 1.95 bits per heavy atom. The van der Waals surface area contributed by atoms with Gasteiger partial charge in [-0.1, -0.05) is 25.5 Å². The molecule has 0 heterocycles. The summed E-state index contributed by atoms with van der Waals surface area (Å²) in [4.78, 5) is 15.9. The summed E-state index contributed by atoms with van der Waals surface area (Å²) in [7, 11) is 0. The van der Waals surface area contributed by atoms with Gasteiger partial charge in [0.25, 0.3) is 5.91 Å². The number of hydrogen-bond donors (Lipinski definition) is 4. The van der Waals surface area contributed by atoms with Gasteiger partial charge in [0.05, 0.1) is 5.56 Å². The van der Waals surface area contributed by atoms with Crippen LogP contribution in [0.1, 0.15) is 30.1 Å². The molecule has 0 bridgehead atoms. The first-order valence-corrected chi connectivity index (χ1v) is 6.75. The van der Waals surface area contributed by atoms with Gasteiger partial charge in [0.2, 0.25) is 0 Å². The molecule has 0 aliphatic heterocycles. The monoisotopic (exact) mass is 406 g/mol. The van der Waals surface area contributed by atoms with E-state index in [1.54, 1.807) is 18.2 Å². The maximum Gasteiger partial charge on any atom is 0.255 e. The molecule has 1 rings (SSSR count). The van der Waals surface area contributed by atoms with Crippen LogP contribution >= 0.6 is 24.0 Å². The highest BCUT2D eigenvalue weighted by molar-refractivity contribution is 14.0. The molecule has 21 heavy (non-hydrogen) atoms. The van der Waals surface area contributed by atoms with Gasteiger partial charge < -0.3 is 21.5 Å². The van der Waals surface area contributed by atoms with Crippen molar-refractivity contribution in [2.75, 3.05) is 19.6 Å². The Bertz CT molecular complexity index is 466. The van der Waals surface area contributed by atoms with Crippen molar-refractivity contribution in [1.29, 1.82) is 0 Å². The van der Waals surface area contributed by atoms with Crippen LogP contribution < -0.4 is 16.4 Å². The van der Waals surface area contributed by atoms with Gasteiger partial charge in [-0.2, -0.15) is 0 Å². The van der Waals surface area contributed by atoms with Crippen LogP contribution in [0, 0.1) is 0 Å². The van der Waals surface area contributed by atoms with Crippen molar-refractivity contribution in [3.8, 4) is 5.75 Å². The summed E-state index contributed by atoms with van der Waals surface area (Å²) in [5, 5.41) is 15.1. The third kappa shape index (κ3) is 7.74. The van der Waals surface area contributed by atoms with E-state index >= 15 is 0 Å². The predicted molar refractivity (Wildman–Crippen MR) is 95.3 cm³/mol. The number of unbranched alkanes of at least 4 members (excludes halogenated alkanes) is 1. The lowest BCUT2D eigenvalue weighted by Crippen LogP contribution is -2.38. The zero-order chi connectivity index (χ0) is 14.8. The molecule has 0 aliphatic carbocycles. The average Bonchev–Trinajstić information content (AvgIpc) is 2.44. The number of aromatic hydroxyl groups is 1. The number of rotatable bonds is 7. The SMILES string of the molecule is CCCCN=C(N)NCCNC(=O)c1ccccc1O.I. The quantitative estimate of drug-likeness (QED) is 0.238. The first kappa shape index (κ1) is 19.5. The summed E-state index contributed by atoms with van der Waals surface area (Å²) in [6, 6.07) is 6.41. The number of carbonyl (C=O) groups excluding carboxylic acids is 1. The molecule has 118 valence electrons. The molecule has 0 unspecified atom stereocenters. The lowest BCUT2D eigenvalue weighted by atomic mass is 10.2. The van der Waals surface area contributed by atoms with Crippen LogP contribution in [0.5, 0.6) is 5.75 Å². The van der Waals surface area contributed by atoms with Crippen molar-refractivity contribution < 1.29 is 9.90 Å². The highest BCUT2D eigenvalue weighted by atomic mass is 127. The fourth-order valence-corrected chi connectivity index (χ4v) is 1.54. The maximum atomic E-state index is 11.8. The summed E-state index contributed by atoms with van der Waals surface area (Å²) in [6.07, 6.45) is 2.08. The lowest BCUT2D eigenvalue weighted by Gasteiger charge is -2.08. The molecule has 0 radical (unpaired) electrons. The second kappa shape index (κ2) is 11.2. The van der Waals surface area contributed by atoms with E-state index in [1.807, 2.05) is 0 Å². The summed E-state index contributed by atoms with van der Waals surface area (Å²) in [5.74, 6) is 0.0419. The number of benzene rings is 1. The molecular formula is C14H23IN4O2. The number of phenols is 1. The van der Waals surface area contributed by atoms with Crippen LogP contribution in [0.3, 0.4) is 0 Å². The molecule has 1 amide bonds. The van der Waals surface area contributed by atoms with Crippen LogP contribution in [0.15, 0.2) is 29.3 Å². The second-order valence-electron chi connectivity index (χ2n) is 4.32. The zero-order valence-electron chi connectivity index (χ0n) is 12.1. The minimum Gasteiger partial charge on any atom is -0.507 e. The van der Waals surface area contributed by atoms with E-state index in [9.17, 15) is 9.90 Å². The Morgan fingerprint density at radius 1 is 1.29 bits per heavy atom. The van der Waals surface area contributed by atoms with Crippen LogP contribution in [-0.2, 0) is 0 Å². The van der Waals surface area contributed by atoms with Crippen molar-refractivity contribution in [3.63, 3.8) is 0 Å². The Hall–Kier alpha value is -1.51. The normalized spacial score (nSPS) is 10.6. The minimum atomic E-state index is -0.314. The topological polar surface area (TPSA) is 99.7 Å². The second-order valence-corrected chi connectivity index (χ2v) is 4.32. The Kier molecular flexibility index (Phi) is 10.4. The lowest BCUT2D eigenvalue weighted by molar-refractivity contribution is 0.0951. The van der Waals surface area contributed by atoms with Crippen LogP contribution in [0.2, 0.25) is 0 Å². The Balaban J connectivity index is 0.00000400. The molecule has 0 spiro atoms. The number of nitrogens with one attached hydrogen (secondary N) is 2. The van der Waals surface area contributed by atoms with E-state index < -0.39 is 0 Å². The molecule has 5 N–H and O–H groups in total. The van der Waals surface area contributed by atoms with Gasteiger partial charge in [-0.25, -0.2) is 0 Å². The number of phenolic OH excluding ortho intramolecular Hbond substituents is 1. The van der Waals surface area contributed by atoms with Crippen molar-refractivity contribution in [1.82, 2.24) is 10.6 Å². The molecule has 1 aromatic carbocycles. The number of amides is 1. The molecule has 0 atom stereocenters. The zero-order valence-corrected chi connectivity index (χ0v) is 14.5. The highest BCUT2D eigenvalue weighted by Gasteiger charge is 2.08. The van der Waals surface area contributed by atoms with E-state index in [0.29, 0.717) is 25.6 Å². The van der Waals surface area contributed by atoms with Crippen molar-refractivity contribution >= 4 is 35.8 Å². The molecule has 0 aliphatic rings. The Labute approximate surface area is 142 Å². The van der Waals surface area contributed by atoms with E-state index in [1.165, 1.54) is 6.07 Å². The van der Waals surface area contributed by atoms with Crippen LogP contribution in [-0.4, -0.2) is 36.6 Å². The molecule has 1 aromatic rings. The summed E-state index contributed by atoms with van der Waals surface area (Å²) in [5.41, 5.74) is 5.91. The van der Waals surface area contributed by atoms with Gasteiger partial charge in [-0.05, 0) is 18.6 Å². The van der Waals surface area contributed by atoms with Gasteiger partial charge in [0.1, 0.15) is 5.75 Å².